The van der Waals surface area contributed by atoms with Gasteiger partial charge in [-0.05, 0) is 28.1 Å². The Bertz CT molecular complexity index is 626. The molecule has 1 amide bonds. The van der Waals surface area contributed by atoms with E-state index in [2.05, 4.69) is 26.2 Å². The van der Waals surface area contributed by atoms with E-state index in [1.54, 1.807) is 12.1 Å². The standard InChI is InChI=1S/C12H6BrF3N2O/c13-7-2-1-3-17-11(7)18-12(19)10-8(15)4-6(14)5-9(10)16/h1-5H,(H,17,18,19). The topological polar surface area (TPSA) is 42.0 Å². The van der Waals surface area contributed by atoms with Crippen LogP contribution in [0.2, 0.25) is 0 Å². The van der Waals surface area contributed by atoms with Crippen LogP contribution in [0.5, 0.6) is 0 Å². The summed E-state index contributed by atoms with van der Waals surface area (Å²) in [5, 5.41) is 2.23. The highest BCUT2D eigenvalue weighted by molar-refractivity contribution is 9.10. The minimum Gasteiger partial charge on any atom is -0.305 e. The second kappa shape index (κ2) is 5.40. The molecule has 98 valence electrons. The second-order valence-corrected chi connectivity index (χ2v) is 4.39. The fourth-order valence-corrected chi connectivity index (χ4v) is 1.76. The highest BCUT2D eigenvalue weighted by Gasteiger charge is 2.20. The molecule has 0 atom stereocenters. The van der Waals surface area contributed by atoms with Gasteiger partial charge in [0.25, 0.3) is 5.91 Å². The number of nitrogens with zero attached hydrogens (tertiary/aromatic N) is 1. The second-order valence-electron chi connectivity index (χ2n) is 3.53. The fraction of sp³-hybridized carbons (Fsp3) is 0. The molecule has 3 nitrogen and oxygen atoms in total. The molecule has 2 rings (SSSR count). The molecule has 0 aliphatic rings. The molecule has 0 aliphatic carbocycles. The average molecular weight is 331 g/mol. The molecule has 0 fully saturated rings. The quantitative estimate of drug-likeness (QED) is 0.915. The van der Waals surface area contributed by atoms with Gasteiger partial charge in [-0.2, -0.15) is 0 Å². The molecule has 0 saturated heterocycles. The lowest BCUT2D eigenvalue weighted by Crippen LogP contribution is -2.17. The van der Waals surface area contributed by atoms with Crippen LogP contribution in [-0.4, -0.2) is 10.9 Å². The first kappa shape index (κ1) is 13.5. The Hall–Kier alpha value is -1.89. The molecule has 0 aliphatic heterocycles. The molecular formula is C12H6BrF3N2O. The van der Waals surface area contributed by atoms with Crippen LogP contribution in [0.15, 0.2) is 34.9 Å². The van der Waals surface area contributed by atoms with E-state index >= 15 is 0 Å². The average Bonchev–Trinajstić information content (AvgIpc) is 2.30. The van der Waals surface area contributed by atoms with Gasteiger partial charge in [0.15, 0.2) is 0 Å². The molecule has 0 spiro atoms. The van der Waals surface area contributed by atoms with Crippen molar-refractivity contribution in [3.63, 3.8) is 0 Å². The molecule has 2 aromatic rings. The van der Waals surface area contributed by atoms with Crippen molar-refractivity contribution in [2.45, 2.75) is 0 Å². The van der Waals surface area contributed by atoms with E-state index in [4.69, 9.17) is 0 Å². The lowest BCUT2D eigenvalue weighted by molar-refractivity contribution is 0.101. The van der Waals surface area contributed by atoms with Gasteiger partial charge < -0.3 is 5.32 Å². The molecule has 1 N–H and O–H groups in total. The van der Waals surface area contributed by atoms with Crippen LogP contribution in [0.4, 0.5) is 19.0 Å². The molecule has 7 heteroatoms. The summed E-state index contributed by atoms with van der Waals surface area (Å²) in [5.74, 6) is -4.58. The van der Waals surface area contributed by atoms with Gasteiger partial charge in [-0.15, -0.1) is 0 Å². The molecule has 0 unspecified atom stereocenters. The Kier molecular flexibility index (Phi) is 3.84. The van der Waals surface area contributed by atoms with Crippen LogP contribution in [0.3, 0.4) is 0 Å². The molecule has 19 heavy (non-hydrogen) atoms. The molecule has 1 aromatic heterocycles. The van der Waals surface area contributed by atoms with E-state index in [1.165, 1.54) is 6.20 Å². The van der Waals surface area contributed by atoms with E-state index in [1.807, 2.05) is 0 Å². The zero-order valence-electron chi connectivity index (χ0n) is 9.25. The summed E-state index contributed by atoms with van der Waals surface area (Å²) in [6, 6.07) is 4.08. The van der Waals surface area contributed by atoms with Crippen LogP contribution in [0.25, 0.3) is 0 Å². The summed E-state index contributed by atoms with van der Waals surface area (Å²) >= 11 is 3.12. The number of hydrogen-bond donors (Lipinski definition) is 1. The van der Waals surface area contributed by atoms with Gasteiger partial charge in [0.2, 0.25) is 0 Å². The fourth-order valence-electron chi connectivity index (χ4n) is 1.41. The zero-order chi connectivity index (χ0) is 14.0. The van der Waals surface area contributed by atoms with Crippen LogP contribution in [0.1, 0.15) is 10.4 Å². The largest absolute Gasteiger partial charge is 0.305 e. The molecular weight excluding hydrogens is 325 g/mol. The van der Waals surface area contributed by atoms with Crippen molar-refractivity contribution in [1.82, 2.24) is 4.98 Å². The number of pyridine rings is 1. The van der Waals surface area contributed by atoms with Crippen molar-refractivity contribution in [2.24, 2.45) is 0 Å². The van der Waals surface area contributed by atoms with Gasteiger partial charge >= 0.3 is 0 Å². The van der Waals surface area contributed by atoms with Crippen molar-refractivity contribution in [1.29, 1.82) is 0 Å². The Morgan fingerprint density at radius 3 is 2.42 bits per heavy atom. The van der Waals surface area contributed by atoms with Crippen molar-refractivity contribution >= 4 is 27.7 Å². The number of amides is 1. The Labute approximate surface area is 114 Å². The number of nitrogens with one attached hydrogen (secondary N) is 1. The van der Waals surface area contributed by atoms with Gasteiger partial charge in [-0.1, -0.05) is 0 Å². The van der Waals surface area contributed by atoms with Crippen LogP contribution >= 0.6 is 15.9 Å². The summed E-state index contributed by atoms with van der Waals surface area (Å²) in [6.45, 7) is 0. The number of aromatic nitrogens is 1. The van der Waals surface area contributed by atoms with E-state index in [0.717, 1.165) is 0 Å². The number of hydrogen-bond acceptors (Lipinski definition) is 2. The predicted molar refractivity (Wildman–Crippen MR) is 66.2 cm³/mol. The van der Waals surface area contributed by atoms with Gasteiger partial charge in [-0.3, -0.25) is 4.79 Å². The highest BCUT2D eigenvalue weighted by atomic mass is 79.9. The first-order chi connectivity index (χ1) is 8.99. The highest BCUT2D eigenvalue weighted by Crippen LogP contribution is 2.21. The number of benzene rings is 1. The first-order valence-electron chi connectivity index (χ1n) is 5.05. The summed E-state index contributed by atoms with van der Waals surface area (Å²) in [5.41, 5.74) is -0.862. The van der Waals surface area contributed by atoms with Gasteiger partial charge in [-0.25, -0.2) is 18.2 Å². The minimum atomic E-state index is -1.28. The van der Waals surface area contributed by atoms with Crippen molar-refractivity contribution in [3.05, 3.63) is 58.0 Å². The lowest BCUT2D eigenvalue weighted by Gasteiger charge is -2.07. The zero-order valence-corrected chi connectivity index (χ0v) is 10.8. The van der Waals surface area contributed by atoms with Crippen LogP contribution in [-0.2, 0) is 0 Å². The summed E-state index contributed by atoms with van der Waals surface area (Å²) in [6.07, 6.45) is 1.40. The number of anilines is 1. The minimum absolute atomic E-state index is 0.107. The Morgan fingerprint density at radius 2 is 1.84 bits per heavy atom. The van der Waals surface area contributed by atoms with Crippen molar-refractivity contribution < 1.29 is 18.0 Å². The third-order valence-corrected chi connectivity index (χ3v) is 2.86. The monoisotopic (exact) mass is 330 g/mol. The molecule has 0 bridgehead atoms. The maximum Gasteiger partial charge on any atom is 0.262 e. The van der Waals surface area contributed by atoms with E-state index in [-0.39, 0.29) is 5.82 Å². The van der Waals surface area contributed by atoms with Crippen molar-refractivity contribution in [2.75, 3.05) is 5.32 Å². The molecule has 0 saturated carbocycles. The summed E-state index contributed by atoms with van der Waals surface area (Å²) < 4.78 is 40.0. The normalized spacial score (nSPS) is 10.3. The molecule has 1 heterocycles. The predicted octanol–water partition coefficient (Wildman–Crippen LogP) is 3.51. The molecule has 0 radical (unpaired) electrons. The van der Waals surface area contributed by atoms with Gasteiger partial charge in [0.05, 0.1) is 4.47 Å². The third kappa shape index (κ3) is 2.93. The summed E-state index contributed by atoms with van der Waals surface area (Å²) in [7, 11) is 0. The SMILES string of the molecule is O=C(Nc1ncccc1Br)c1c(F)cc(F)cc1F. The van der Waals surface area contributed by atoms with Gasteiger partial charge in [0, 0.05) is 18.3 Å². The number of carbonyl (C=O) groups excluding carboxylic acids is 1. The Balaban J connectivity index is 2.34. The van der Waals surface area contributed by atoms with Crippen molar-refractivity contribution in [3.8, 4) is 0 Å². The first-order valence-corrected chi connectivity index (χ1v) is 5.84. The van der Waals surface area contributed by atoms with Gasteiger partial charge in [0.1, 0.15) is 28.8 Å². The lowest BCUT2D eigenvalue weighted by atomic mass is 10.2. The van der Waals surface area contributed by atoms with E-state index in [0.29, 0.717) is 16.6 Å². The maximum absolute atomic E-state index is 13.4. The van der Waals surface area contributed by atoms with E-state index in [9.17, 15) is 18.0 Å². The van der Waals surface area contributed by atoms with E-state index < -0.39 is 28.9 Å². The number of halogens is 4. The maximum atomic E-state index is 13.4. The molecule has 1 aromatic carbocycles. The number of carbonyl (C=O) groups is 1. The third-order valence-electron chi connectivity index (χ3n) is 2.22. The van der Waals surface area contributed by atoms with Crippen LogP contribution in [0, 0.1) is 17.5 Å². The Morgan fingerprint density at radius 1 is 1.21 bits per heavy atom. The van der Waals surface area contributed by atoms with Crippen LogP contribution < -0.4 is 5.32 Å². The summed E-state index contributed by atoms with van der Waals surface area (Å²) in [4.78, 5) is 15.6. The number of rotatable bonds is 2. The smallest absolute Gasteiger partial charge is 0.262 e.